The molecule has 2 aliphatic rings. The van der Waals surface area contributed by atoms with Gasteiger partial charge >= 0.3 is 0 Å². The molecule has 39 heavy (non-hydrogen) atoms. The van der Waals surface area contributed by atoms with E-state index in [2.05, 4.69) is 101 Å². The molecule has 2 heterocycles. The fourth-order valence-electron chi connectivity index (χ4n) is 6.63. The van der Waals surface area contributed by atoms with Crippen LogP contribution in [0.5, 0.6) is 0 Å². The number of carbonyl (C=O) groups is 1. The lowest BCUT2D eigenvalue weighted by atomic mass is 9.87. The molecule has 0 bridgehead atoms. The second-order valence-electron chi connectivity index (χ2n) is 11.7. The van der Waals surface area contributed by atoms with E-state index in [0.717, 1.165) is 77.9 Å². The Morgan fingerprint density at radius 2 is 1.38 bits per heavy atom. The summed E-state index contributed by atoms with van der Waals surface area (Å²) < 4.78 is 0. The van der Waals surface area contributed by atoms with Crippen LogP contribution in [0, 0.1) is 11.8 Å². The molecular weight excluding hydrogens is 478 g/mol. The molecule has 2 fully saturated rings. The van der Waals surface area contributed by atoms with E-state index >= 15 is 0 Å². The maximum Gasteiger partial charge on any atom is 0.225 e. The molecule has 3 aromatic carbocycles. The molecule has 4 heteroatoms. The Labute approximate surface area is 235 Å². The Kier molecular flexibility index (Phi) is 9.85. The lowest BCUT2D eigenvalue weighted by molar-refractivity contribution is -0.135. The van der Waals surface area contributed by atoms with Crippen LogP contribution in [0.2, 0.25) is 0 Å². The zero-order valence-corrected chi connectivity index (χ0v) is 23.6. The van der Waals surface area contributed by atoms with Crippen molar-refractivity contribution in [3.63, 3.8) is 0 Å². The van der Waals surface area contributed by atoms with E-state index in [9.17, 15) is 4.79 Å². The summed E-state index contributed by atoms with van der Waals surface area (Å²) in [6.45, 7) is 7.34. The Morgan fingerprint density at radius 3 is 2.05 bits per heavy atom. The SMILES string of the molecule is CN(CCCCc1ccccc1)C(=O)C1CCN(C[C@H]2CN(Cc3ccccc3)C[C@@H]2c2ccccc2)CC1. The van der Waals surface area contributed by atoms with Gasteiger partial charge in [-0.3, -0.25) is 9.69 Å². The summed E-state index contributed by atoms with van der Waals surface area (Å²) in [6.07, 6.45) is 5.27. The number of aryl methyl sites for hydroxylation is 1. The fourth-order valence-corrected chi connectivity index (χ4v) is 6.63. The van der Waals surface area contributed by atoms with Crippen molar-refractivity contribution in [2.75, 3.05) is 46.3 Å². The van der Waals surface area contributed by atoms with Crippen molar-refractivity contribution in [2.45, 2.75) is 44.6 Å². The first-order chi connectivity index (χ1) is 19.2. The molecule has 2 atom stereocenters. The zero-order chi connectivity index (χ0) is 26.9. The summed E-state index contributed by atoms with van der Waals surface area (Å²) in [5, 5.41) is 0. The van der Waals surface area contributed by atoms with Crippen molar-refractivity contribution in [3.8, 4) is 0 Å². The summed E-state index contributed by atoms with van der Waals surface area (Å²) in [7, 11) is 2.00. The first-order valence-corrected chi connectivity index (χ1v) is 15.0. The van der Waals surface area contributed by atoms with Crippen molar-refractivity contribution >= 4 is 5.91 Å². The molecule has 2 saturated heterocycles. The fraction of sp³-hybridized carbons (Fsp3) is 0.457. The Bertz CT molecular complexity index is 1130. The van der Waals surface area contributed by atoms with E-state index in [-0.39, 0.29) is 5.92 Å². The highest BCUT2D eigenvalue weighted by Gasteiger charge is 2.36. The van der Waals surface area contributed by atoms with Crippen LogP contribution in [0.3, 0.4) is 0 Å². The highest BCUT2D eigenvalue weighted by Crippen LogP contribution is 2.35. The van der Waals surface area contributed by atoms with E-state index in [1.165, 1.54) is 16.7 Å². The van der Waals surface area contributed by atoms with Crippen molar-refractivity contribution in [1.82, 2.24) is 14.7 Å². The number of piperidine rings is 1. The molecule has 1 amide bonds. The molecular formula is C35H45N3O. The Balaban J connectivity index is 1.09. The molecule has 0 aliphatic carbocycles. The van der Waals surface area contributed by atoms with E-state index in [4.69, 9.17) is 0 Å². The average Bonchev–Trinajstić information content (AvgIpc) is 3.38. The van der Waals surface area contributed by atoms with Crippen LogP contribution in [0.25, 0.3) is 0 Å². The van der Waals surface area contributed by atoms with Gasteiger partial charge < -0.3 is 9.80 Å². The lowest BCUT2D eigenvalue weighted by Crippen LogP contribution is -2.43. The van der Waals surface area contributed by atoms with Crippen molar-refractivity contribution in [1.29, 1.82) is 0 Å². The number of nitrogens with zero attached hydrogens (tertiary/aromatic N) is 3. The second kappa shape index (κ2) is 13.9. The summed E-state index contributed by atoms with van der Waals surface area (Å²) in [5.41, 5.74) is 4.25. The number of carbonyl (C=O) groups excluding carboxylic acids is 1. The maximum absolute atomic E-state index is 13.2. The molecule has 0 N–H and O–H groups in total. The van der Waals surface area contributed by atoms with Gasteiger partial charge in [0.2, 0.25) is 5.91 Å². The standard InChI is InChI=1S/C35H45N3O/c1-36(22-12-11-15-29-13-5-2-6-14-29)35(39)32-20-23-37(24-21-32)26-33-27-38(25-30-16-7-3-8-17-30)28-34(33)31-18-9-4-10-19-31/h2-10,13-14,16-19,32-34H,11-12,15,20-28H2,1H3/t33-,34+/m0/s1. The quantitative estimate of drug-likeness (QED) is 0.284. The zero-order valence-electron chi connectivity index (χ0n) is 23.6. The molecule has 206 valence electrons. The van der Waals surface area contributed by atoms with Gasteiger partial charge in [-0.15, -0.1) is 0 Å². The van der Waals surface area contributed by atoms with Crippen LogP contribution in [-0.4, -0.2) is 66.9 Å². The van der Waals surface area contributed by atoms with Gasteiger partial charge in [-0.2, -0.15) is 0 Å². The van der Waals surface area contributed by atoms with E-state index in [0.29, 0.717) is 17.7 Å². The van der Waals surface area contributed by atoms with Crippen LogP contribution >= 0.6 is 0 Å². The predicted octanol–water partition coefficient (Wildman–Crippen LogP) is 6.10. The van der Waals surface area contributed by atoms with Crippen molar-refractivity contribution < 1.29 is 4.79 Å². The normalized spacial score (nSPS) is 20.7. The maximum atomic E-state index is 13.2. The van der Waals surface area contributed by atoms with E-state index in [1.807, 2.05) is 11.9 Å². The van der Waals surface area contributed by atoms with Gasteiger partial charge in [0.15, 0.2) is 0 Å². The van der Waals surface area contributed by atoms with Crippen LogP contribution in [0.4, 0.5) is 0 Å². The third-order valence-corrected chi connectivity index (χ3v) is 8.85. The monoisotopic (exact) mass is 523 g/mol. The largest absolute Gasteiger partial charge is 0.346 e. The summed E-state index contributed by atoms with van der Waals surface area (Å²) in [5.74, 6) is 1.72. The van der Waals surface area contributed by atoms with Gasteiger partial charge in [0.1, 0.15) is 0 Å². The third kappa shape index (κ3) is 7.80. The predicted molar refractivity (Wildman–Crippen MR) is 161 cm³/mol. The highest BCUT2D eigenvalue weighted by molar-refractivity contribution is 5.78. The van der Waals surface area contributed by atoms with Crippen LogP contribution in [0.1, 0.15) is 48.3 Å². The second-order valence-corrected chi connectivity index (χ2v) is 11.7. The number of unbranched alkanes of at least 4 members (excludes halogenated alkanes) is 1. The highest BCUT2D eigenvalue weighted by atomic mass is 16.2. The van der Waals surface area contributed by atoms with Gasteiger partial charge in [0, 0.05) is 51.6 Å². The number of benzene rings is 3. The minimum absolute atomic E-state index is 0.184. The number of amides is 1. The summed E-state index contributed by atoms with van der Waals surface area (Å²) in [4.78, 5) is 20.4. The number of hydrogen-bond acceptors (Lipinski definition) is 3. The van der Waals surface area contributed by atoms with Crippen molar-refractivity contribution in [3.05, 3.63) is 108 Å². The summed E-state index contributed by atoms with van der Waals surface area (Å²) in [6, 6.07) is 32.6. The molecule has 2 aliphatic heterocycles. The number of likely N-dealkylation sites (tertiary alicyclic amines) is 2. The topological polar surface area (TPSA) is 26.8 Å². The minimum Gasteiger partial charge on any atom is -0.346 e. The van der Waals surface area contributed by atoms with Gasteiger partial charge in [0.05, 0.1) is 0 Å². The first-order valence-electron chi connectivity index (χ1n) is 15.0. The number of hydrogen-bond donors (Lipinski definition) is 0. The van der Waals surface area contributed by atoms with Crippen molar-refractivity contribution in [2.24, 2.45) is 11.8 Å². The first kappa shape index (κ1) is 27.6. The Hall–Kier alpha value is -2.95. The Morgan fingerprint density at radius 1 is 0.769 bits per heavy atom. The van der Waals surface area contributed by atoms with Gasteiger partial charge in [-0.25, -0.2) is 0 Å². The molecule has 5 rings (SSSR count). The lowest BCUT2D eigenvalue weighted by Gasteiger charge is -2.35. The molecule has 0 aromatic heterocycles. The van der Waals surface area contributed by atoms with E-state index < -0.39 is 0 Å². The van der Waals surface area contributed by atoms with Gasteiger partial charge in [-0.05, 0) is 67.8 Å². The van der Waals surface area contributed by atoms with Crippen LogP contribution in [0.15, 0.2) is 91.0 Å². The smallest absolute Gasteiger partial charge is 0.225 e. The number of rotatable bonds is 11. The average molecular weight is 524 g/mol. The molecule has 0 unspecified atom stereocenters. The third-order valence-electron chi connectivity index (χ3n) is 8.85. The molecule has 4 nitrogen and oxygen atoms in total. The molecule has 0 saturated carbocycles. The summed E-state index contributed by atoms with van der Waals surface area (Å²) >= 11 is 0. The van der Waals surface area contributed by atoms with Gasteiger partial charge in [-0.1, -0.05) is 91.0 Å². The van der Waals surface area contributed by atoms with E-state index in [1.54, 1.807) is 0 Å². The van der Waals surface area contributed by atoms with Crippen LogP contribution < -0.4 is 0 Å². The van der Waals surface area contributed by atoms with Gasteiger partial charge in [0.25, 0.3) is 0 Å². The molecule has 3 aromatic rings. The molecule has 0 spiro atoms. The molecule has 0 radical (unpaired) electrons. The minimum atomic E-state index is 0.184. The van der Waals surface area contributed by atoms with Crippen LogP contribution in [-0.2, 0) is 17.8 Å².